The van der Waals surface area contributed by atoms with Crippen LogP contribution in [0.1, 0.15) is 27.2 Å². The Labute approximate surface area is 124 Å². The number of halogens is 1. The summed E-state index contributed by atoms with van der Waals surface area (Å²) in [6, 6.07) is 6.93. The van der Waals surface area contributed by atoms with Gasteiger partial charge in [-0.1, -0.05) is 22.0 Å². The normalized spacial score (nSPS) is 10.6. The quantitative estimate of drug-likeness (QED) is 0.916. The van der Waals surface area contributed by atoms with Gasteiger partial charge in [-0.25, -0.2) is 4.79 Å². The van der Waals surface area contributed by atoms with Gasteiger partial charge in [0.1, 0.15) is 0 Å². The first-order chi connectivity index (χ1) is 9.32. The van der Waals surface area contributed by atoms with Gasteiger partial charge in [0.2, 0.25) is 0 Å². The molecule has 1 N–H and O–H groups in total. The van der Waals surface area contributed by atoms with Gasteiger partial charge in [0.05, 0.1) is 11.3 Å². The zero-order valence-electron chi connectivity index (χ0n) is 11.4. The molecule has 0 atom stereocenters. The number of hydrogen-bond acceptors (Lipinski definition) is 2. The first-order valence-electron chi connectivity index (χ1n) is 6.06. The van der Waals surface area contributed by atoms with E-state index in [0.29, 0.717) is 16.9 Å². The zero-order valence-corrected chi connectivity index (χ0v) is 13.0. The highest BCUT2D eigenvalue weighted by atomic mass is 79.9. The molecule has 2 aromatic rings. The predicted molar refractivity (Wildman–Crippen MR) is 80.9 cm³/mol. The number of nitrogens with zero attached hydrogens (tertiary/aromatic N) is 1. The fourth-order valence-corrected chi connectivity index (χ4v) is 2.68. The second-order valence-corrected chi connectivity index (χ2v) is 5.61. The minimum absolute atomic E-state index is 0.170. The maximum atomic E-state index is 12.3. The van der Waals surface area contributed by atoms with Crippen molar-refractivity contribution in [1.82, 2.24) is 4.57 Å². The van der Waals surface area contributed by atoms with Crippen molar-refractivity contribution in [2.45, 2.75) is 20.8 Å². The highest BCUT2D eigenvalue weighted by Crippen LogP contribution is 2.22. The Kier molecular flexibility index (Phi) is 3.81. The molecule has 4 nitrogen and oxygen atoms in total. The molecule has 0 saturated carbocycles. The molecule has 0 aliphatic heterocycles. The van der Waals surface area contributed by atoms with Crippen molar-refractivity contribution in [2.24, 2.45) is 0 Å². The molecule has 1 aromatic carbocycles. The fourth-order valence-electron chi connectivity index (χ4n) is 2.33. The van der Waals surface area contributed by atoms with E-state index in [1.54, 1.807) is 13.8 Å². The largest absolute Gasteiger partial charge is 0.478 e. The summed E-state index contributed by atoms with van der Waals surface area (Å²) in [7, 11) is 0. The van der Waals surface area contributed by atoms with E-state index in [-0.39, 0.29) is 11.1 Å². The van der Waals surface area contributed by atoms with E-state index < -0.39 is 5.97 Å². The molecule has 0 amide bonds. The van der Waals surface area contributed by atoms with Gasteiger partial charge in [0.15, 0.2) is 0 Å². The van der Waals surface area contributed by atoms with Crippen LogP contribution in [0.3, 0.4) is 0 Å². The van der Waals surface area contributed by atoms with Crippen LogP contribution in [0, 0.1) is 20.8 Å². The lowest BCUT2D eigenvalue weighted by Crippen LogP contribution is -2.24. The van der Waals surface area contributed by atoms with Crippen LogP contribution in [0.25, 0.3) is 5.69 Å². The third-order valence-corrected chi connectivity index (χ3v) is 3.77. The van der Waals surface area contributed by atoms with Gasteiger partial charge >= 0.3 is 5.97 Å². The lowest BCUT2D eigenvalue weighted by atomic mass is 10.1. The highest BCUT2D eigenvalue weighted by Gasteiger charge is 2.17. The summed E-state index contributed by atoms with van der Waals surface area (Å²) in [5, 5.41) is 9.31. The monoisotopic (exact) mass is 335 g/mol. The topological polar surface area (TPSA) is 59.3 Å². The van der Waals surface area contributed by atoms with Gasteiger partial charge in [0, 0.05) is 16.2 Å². The molecule has 104 valence electrons. The lowest BCUT2D eigenvalue weighted by molar-refractivity contribution is 0.0694. The molecular weight excluding hydrogens is 322 g/mol. The first-order valence-corrected chi connectivity index (χ1v) is 6.85. The van der Waals surface area contributed by atoms with Gasteiger partial charge < -0.3 is 5.11 Å². The lowest BCUT2D eigenvalue weighted by Gasteiger charge is -2.16. The van der Waals surface area contributed by atoms with Gasteiger partial charge in [-0.2, -0.15) is 0 Å². The number of hydrogen-bond donors (Lipinski definition) is 1. The van der Waals surface area contributed by atoms with Crippen LogP contribution in [0.2, 0.25) is 0 Å². The number of aryl methyl sites for hydroxylation is 2. The molecule has 0 aliphatic rings. The maximum absolute atomic E-state index is 12.3. The summed E-state index contributed by atoms with van der Waals surface area (Å²) >= 11 is 3.37. The number of carboxylic acids is 1. The Morgan fingerprint density at radius 2 is 1.80 bits per heavy atom. The van der Waals surface area contributed by atoms with E-state index in [0.717, 1.165) is 10.0 Å². The van der Waals surface area contributed by atoms with Gasteiger partial charge in [-0.3, -0.25) is 9.36 Å². The molecule has 0 spiro atoms. The van der Waals surface area contributed by atoms with E-state index in [4.69, 9.17) is 0 Å². The summed E-state index contributed by atoms with van der Waals surface area (Å²) in [5.41, 5.74) is 2.44. The van der Waals surface area contributed by atoms with E-state index in [9.17, 15) is 14.7 Å². The molecule has 0 saturated heterocycles. The second-order valence-electron chi connectivity index (χ2n) is 4.70. The number of carboxylic acid groups (broad SMARTS) is 1. The van der Waals surface area contributed by atoms with Crippen molar-refractivity contribution in [2.75, 3.05) is 0 Å². The summed E-state index contributed by atoms with van der Waals surface area (Å²) in [4.78, 5) is 23.6. The molecule has 0 radical (unpaired) electrons. The van der Waals surface area contributed by atoms with Crippen LogP contribution in [0.4, 0.5) is 0 Å². The number of rotatable bonds is 2. The smallest absolute Gasteiger partial charge is 0.337 e. The maximum Gasteiger partial charge on any atom is 0.337 e. The summed E-state index contributed by atoms with van der Waals surface area (Å²) in [5.74, 6) is -1.03. The average Bonchev–Trinajstić information content (AvgIpc) is 2.32. The number of pyridine rings is 1. The Bertz CT molecular complexity index is 762. The predicted octanol–water partition coefficient (Wildman–Crippen LogP) is 3.22. The summed E-state index contributed by atoms with van der Waals surface area (Å²) in [6.07, 6.45) is 0. The standard InChI is InChI=1S/C15H14BrNO3/c1-8-4-5-11(16)7-12(8)17-10(3)14(15(19)20)9(2)6-13(17)18/h4-7H,1-3H3,(H,19,20). The molecule has 5 heteroatoms. The number of benzene rings is 1. The molecule has 2 rings (SSSR count). The molecule has 0 aliphatic carbocycles. The van der Waals surface area contributed by atoms with E-state index in [2.05, 4.69) is 15.9 Å². The third kappa shape index (κ3) is 2.41. The van der Waals surface area contributed by atoms with E-state index in [1.807, 2.05) is 25.1 Å². The molecular formula is C15H14BrNO3. The Morgan fingerprint density at radius 1 is 1.15 bits per heavy atom. The highest BCUT2D eigenvalue weighted by molar-refractivity contribution is 9.10. The van der Waals surface area contributed by atoms with Crippen molar-refractivity contribution >= 4 is 21.9 Å². The molecule has 20 heavy (non-hydrogen) atoms. The first kappa shape index (κ1) is 14.5. The van der Waals surface area contributed by atoms with Crippen molar-refractivity contribution < 1.29 is 9.90 Å². The van der Waals surface area contributed by atoms with Crippen LogP contribution in [-0.2, 0) is 0 Å². The SMILES string of the molecule is Cc1ccc(Br)cc1-n1c(C)c(C(=O)O)c(C)cc1=O. The van der Waals surface area contributed by atoms with Crippen LogP contribution >= 0.6 is 15.9 Å². The summed E-state index contributed by atoms with van der Waals surface area (Å²) < 4.78 is 2.28. The number of carbonyl (C=O) groups is 1. The average molecular weight is 336 g/mol. The Balaban J connectivity index is 2.88. The minimum atomic E-state index is -1.03. The van der Waals surface area contributed by atoms with Gasteiger partial charge in [-0.15, -0.1) is 0 Å². The Morgan fingerprint density at radius 3 is 2.40 bits per heavy atom. The summed E-state index contributed by atoms with van der Waals surface area (Å²) in [6.45, 7) is 5.17. The third-order valence-electron chi connectivity index (χ3n) is 3.28. The molecule has 1 aromatic heterocycles. The Hall–Kier alpha value is -1.88. The zero-order chi connectivity index (χ0) is 15.0. The van der Waals surface area contributed by atoms with E-state index in [1.165, 1.54) is 10.6 Å². The van der Waals surface area contributed by atoms with Crippen LogP contribution in [0.15, 0.2) is 33.5 Å². The van der Waals surface area contributed by atoms with Crippen molar-refractivity contribution in [3.63, 3.8) is 0 Å². The van der Waals surface area contributed by atoms with Crippen LogP contribution in [0.5, 0.6) is 0 Å². The van der Waals surface area contributed by atoms with Crippen LogP contribution < -0.4 is 5.56 Å². The molecule has 0 bridgehead atoms. The minimum Gasteiger partial charge on any atom is -0.478 e. The van der Waals surface area contributed by atoms with Gasteiger partial charge in [0.25, 0.3) is 5.56 Å². The molecule has 0 fully saturated rings. The second kappa shape index (κ2) is 5.25. The number of aromatic nitrogens is 1. The van der Waals surface area contributed by atoms with Gasteiger partial charge in [-0.05, 0) is 44.0 Å². The van der Waals surface area contributed by atoms with Crippen LogP contribution in [-0.4, -0.2) is 15.6 Å². The van der Waals surface area contributed by atoms with Crippen molar-refractivity contribution in [3.05, 3.63) is 61.5 Å². The molecule has 0 unspecified atom stereocenters. The number of aromatic carboxylic acids is 1. The van der Waals surface area contributed by atoms with Crippen molar-refractivity contribution in [3.8, 4) is 5.69 Å². The van der Waals surface area contributed by atoms with Crippen molar-refractivity contribution in [1.29, 1.82) is 0 Å². The fraction of sp³-hybridized carbons (Fsp3) is 0.200. The molecule has 1 heterocycles. The van der Waals surface area contributed by atoms with E-state index >= 15 is 0 Å².